The number of carbonyl (C=O) groups excluding carboxylic acids is 2. The van der Waals surface area contributed by atoms with E-state index in [1.54, 1.807) is 27.7 Å². The number of rotatable bonds is 4. The minimum Gasteiger partial charge on any atom is -0.444 e. The summed E-state index contributed by atoms with van der Waals surface area (Å²) in [7, 11) is 0. The molecule has 0 aliphatic rings. The van der Waals surface area contributed by atoms with Crippen LogP contribution in [0.4, 0.5) is 21.0 Å². The zero-order valence-electron chi connectivity index (χ0n) is 16.4. The third-order valence-corrected chi connectivity index (χ3v) is 2.68. The second-order valence-electron chi connectivity index (χ2n) is 5.94. The molecule has 0 bridgehead atoms. The summed E-state index contributed by atoms with van der Waals surface area (Å²) < 4.78 is 9.20. The Morgan fingerprint density at radius 2 is 0.964 bits per heavy atom. The summed E-state index contributed by atoms with van der Waals surface area (Å²) in [6.45, 7) is 6.67. The van der Waals surface area contributed by atoms with Gasteiger partial charge in [0.05, 0.1) is 23.6 Å². The number of hydrogen-bond acceptors (Lipinski definition) is 6. The van der Waals surface area contributed by atoms with Crippen molar-refractivity contribution >= 4 is 23.6 Å². The largest absolute Gasteiger partial charge is 0.452 e. The summed E-state index contributed by atoms with van der Waals surface area (Å²) in [5.41, 5.74) is 1.74. The van der Waals surface area contributed by atoms with Crippen LogP contribution in [-0.4, -0.2) is 24.4 Å². The lowest BCUT2D eigenvalue weighted by Gasteiger charge is -2.03. The Balaban J connectivity index is 0.000000280. The van der Waals surface area contributed by atoms with Crippen LogP contribution in [0.1, 0.15) is 27.7 Å². The molecule has 0 aliphatic carbocycles. The number of azo groups is 2. The fourth-order valence-electron chi connectivity index (χ4n) is 1.64. The summed E-state index contributed by atoms with van der Waals surface area (Å²) >= 11 is 0. The Morgan fingerprint density at radius 1 is 0.643 bits per heavy atom. The van der Waals surface area contributed by atoms with Crippen LogP contribution in [0.2, 0.25) is 0 Å². The van der Waals surface area contributed by atoms with Gasteiger partial charge in [-0.05, 0) is 52.0 Å². The van der Waals surface area contributed by atoms with E-state index >= 15 is 0 Å². The number of amides is 2. The fourth-order valence-corrected chi connectivity index (χ4v) is 1.64. The van der Waals surface area contributed by atoms with E-state index in [2.05, 4.69) is 29.9 Å². The molecule has 2 aromatic rings. The highest BCUT2D eigenvalue weighted by Gasteiger charge is 2.06. The number of ether oxygens (including phenoxy) is 2. The molecule has 0 atom stereocenters. The minimum absolute atomic E-state index is 0.289. The maximum absolute atomic E-state index is 10.8. The summed E-state index contributed by atoms with van der Waals surface area (Å²) in [5, 5.41) is 14.2. The van der Waals surface area contributed by atoms with Gasteiger partial charge in [-0.3, -0.25) is 0 Å². The standard InChI is InChI=1S/C12H10N2.C8H14N2O4/c1-3-7-11(8-4-1)13-14-12-9-5-2-6-10-12;1-5(2)13-7(11)9-10-8(12)14-6(3)4/h1-10H;5-6H,1-4H3. The molecule has 0 aliphatic heterocycles. The number of hydrogen-bond donors (Lipinski definition) is 0. The molecule has 0 saturated carbocycles. The van der Waals surface area contributed by atoms with Gasteiger partial charge in [0.2, 0.25) is 0 Å². The average Bonchev–Trinajstić information content (AvgIpc) is 2.66. The molecule has 2 aromatic carbocycles. The van der Waals surface area contributed by atoms with Gasteiger partial charge in [-0.2, -0.15) is 10.2 Å². The molecular weight excluding hydrogens is 360 g/mol. The molecule has 0 radical (unpaired) electrons. The van der Waals surface area contributed by atoms with Crippen LogP contribution in [0.5, 0.6) is 0 Å². The van der Waals surface area contributed by atoms with E-state index in [1.165, 1.54) is 0 Å². The van der Waals surface area contributed by atoms with Gasteiger partial charge in [0.1, 0.15) is 0 Å². The van der Waals surface area contributed by atoms with Gasteiger partial charge in [0.25, 0.3) is 0 Å². The van der Waals surface area contributed by atoms with Gasteiger partial charge in [0, 0.05) is 0 Å². The molecule has 148 valence electrons. The number of nitrogens with zero attached hydrogens (tertiary/aromatic N) is 4. The molecule has 28 heavy (non-hydrogen) atoms. The lowest BCUT2D eigenvalue weighted by molar-refractivity contribution is 0.115. The predicted octanol–water partition coefficient (Wildman–Crippen LogP) is 6.63. The van der Waals surface area contributed by atoms with Gasteiger partial charge in [-0.1, -0.05) is 46.6 Å². The average molecular weight is 384 g/mol. The molecule has 0 heterocycles. The van der Waals surface area contributed by atoms with Crippen LogP contribution in [0, 0.1) is 0 Å². The minimum atomic E-state index is -0.902. The highest BCUT2D eigenvalue weighted by Crippen LogP contribution is 2.16. The van der Waals surface area contributed by atoms with Gasteiger partial charge in [-0.15, -0.1) is 0 Å². The van der Waals surface area contributed by atoms with Gasteiger partial charge >= 0.3 is 12.2 Å². The van der Waals surface area contributed by atoms with Crippen molar-refractivity contribution in [3.05, 3.63) is 60.7 Å². The molecular formula is C20H24N4O4. The Hall–Kier alpha value is -3.42. The van der Waals surface area contributed by atoms with Crippen molar-refractivity contribution in [2.24, 2.45) is 20.5 Å². The van der Waals surface area contributed by atoms with Crippen LogP contribution in [0.15, 0.2) is 81.1 Å². The molecule has 8 heteroatoms. The maximum Gasteiger partial charge on any atom is 0.452 e. The quantitative estimate of drug-likeness (QED) is 0.552. The molecule has 2 amide bonds. The van der Waals surface area contributed by atoms with E-state index in [0.717, 1.165) is 11.4 Å². The second kappa shape index (κ2) is 12.9. The Morgan fingerprint density at radius 3 is 1.25 bits per heavy atom. The highest BCUT2D eigenvalue weighted by molar-refractivity contribution is 5.73. The Bertz CT molecular complexity index is 710. The van der Waals surface area contributed by atoms with E-state index in [9.17, 15) is 9.59 Å². The van der Waals surface area contributed by atoms with Gasteiger partial charge < -0.3 is 9.47 Å². The molecule has 0 spiro atoms. The normalized spacial score (nSPS) is 10.8. The van der Waals surface area contributed by atoms with E-state index in [4.69, 9.17) is 0 Å². The third kappa shape index (κ3) is 11.2. The van der Waals surface area contributed by atoms with Crippen LogP contribution < -0.4 is 0 Å². The molecule has 0 aromatic heterocycles. The van der Waals surface area contributed by atoms with Crippen LogP contribution in [0.25, 0.3) is 0 Å². The Kier molecular flexibility index (Phi) is 10.4. The van der Waals surface area contributed by atoms with E-state index < -0.39 is 12.2 Å². The lowest BCUT2D eigenvalue weighted by Crippen LogP contribution is -2.09. The van der Waals surface area contributed by atoms with E-state index in [1.807, 2.05) is 60.7 Å². The highest BCUT2D eigenvalue weighted by atomic mass is 16.6. The molecule has 0 fully saturated rings. The van der Waals surface area contributed by atoms with Crippen molar-refractivity contribution in [1.82, 2.24) is 0 Å². The second-order valence-corrected chi connectivity index (χ2v) is 5.94. The van der Waals surface area contributed by atoms with Crippen molar-refractivity contribution in [1.29, 1.82) is 0 Å². The van der Waals surface area contributed by atoms with Crippen molar-refractivity contribution in [2.45, 2.75) is 39.9 Å². The molecule has 0 unspecified atom stereocenters. The molecule has 2 rings (SSSR count). The fraction of sp³-hybridized carbons (Fsp3) is 0.300. The summed E-state index contributed by atoms with van der Waals surface area (Å²) in [6, 6.07) is 19.4. The first kappa shape index (κ1) is 22.6. The van der Waals surface area contributed by atoms with Crippen LogP contribution in [-0.2, 0) is 9.47 Å². The lowest BCUT2D eigenvalue weighted by atomic mass is 10.3. The van der Waals surface area contributed by atoms with Crippen LogP contribution in [0.3, 0.4) is 0 Å². The van der Waals surface area contributed by atoms with Crippen molar-refractivity contribution < 1.29 is 19.1 Å². The molecule has 0 saturated heterocycles. The van der Waals surface area contributed by atoms with E-state index in [-0.39, 0.29) is 12.2 Å². The summed E-state index contributed by atoms with van der Waals surface area (Å²) in [5.74, 6) is 0. The first-order valence-electron chi connectivity index (χ1n) is 8.71. The van der Waals surface area contributed by atoms with Crippen molar-refractivity contribution in [2.75, 3.05) is 0 Å². The maximum atomic E-state index is 10.8. The van der Waals surface area contributed by atoms with Gasteiger partial charge in [0.15, 0.2) is 0 Å². The topological polar surface area (TPSA) is 102 Å². The van der Waals surface area contributed by atoms with Gasteiger partial charge in [-0.25, -0.2) is 9.59 Å². The van der Waals surface area contributed by atoms with Crippen molar-refractivity contribution in [3.8, 4) is 0 Å². The van der Waals surface area contributed by atoms with Crippen molar-refractivity contribution in [3.63, 3.8) is 0 Å². The number of carbonyl (C=O) groups is 2. The van der Waals surface area contributed by atoms with Crippen LogP contribution >= 0.6 is 0 Å². The SMILES string of the molecule is CC(C)OC(=O)N=NC(=O)OC(C)C.c1ccc(N=Nc2ccccc2)cc1. The smallest absolute Gasteiger partial charge is 0.444 e. The number of benzene rings is 2. The third-order valence-electron chi connectivity index (χ3n) is 2.68. The summed E-state index contributed by atoms with van der Waals surface area (Å²) in [4.78, 5) is 21.5. The predicted molar refractivity (Wildman–Crippen MR) is 105 cm³/mol. The monoisotopic (exact) mass is 384 g/mol. The zero-order valence-corrected chi connectivity index (χ0v) is 16.4. The zero-order chi connectivity index (χ0) is 20.8. The van der Waals surface area contributed by atoms with E-state index in [0.29, 0.717) is 0 Å². The summed E-state index contributed by atoms with van der Waals surface area (Å²) in [6.07, 6.45) is -2.38. The Labute approximate surface area is 164 Å². The molecule has 0 N–H and O–H groups in total. The molecule has 8 nitrogen and oxygen atoms in total. The first-order chi connectivity index (χ1) is 13.4. The first-order valence-corrected chi connectivity index (χ1v) is 8.71.